The third-order valence-electron chi connectivity index (χ3n) is 3.72. The Hall–Kier alpha value is -2.86. The van der Waals surface area contributed by atoms with Crippen molar-refractivity contribution < 1.29 is 46.5 Å². The van der Waals surface area contributed by atoms with Gasteiger partial charge in [0.05, 0.1) is 6.61 Å². The minimum Gasteiger partial charge on any atom is -0.464 e. The predicted molar refractivity (Wildman–Crippen MR) is 112 cm³/mol. The first-order valence-corrected chi connectivity index (χ1v) is 11.7. The van der Waals surface area contributed by atoms with E-state index in [1.54, 1.807) is 0 Å². The molecule has 1 aliphatic rings. The predicted octanol–water partition coefficient (Wildman–Crippen LogP) is -1.29. The van der Waals surface area contributed by atoms with E-state index in [4.69, 9.17) is 16.3 Å². The Morgan fingerprint density at radius 1 is 1.39 bits per heavy atom. The molecular weight excluding hydrogens is 510 g/mol. The van der Waals surface area contributed by atoms with Gasteiger partial charge in [0.2, 0.25) is 5.91 Å². The summed E-state index contributed by atoms with van der Waals surface area (Å²) in [5.41, 5.74) is -0.478. The molecule has 0 spiro atoms. The van der Waals surface area contributed by atoms with Crippen molar-refractivity contribution in [1.29, 1.82) is 0 Å². The number of aromatic nitrogens is 1. The van der Waals surface area contributed by atoms with E-state index in [2.05, 4.69) is 30.3 Å². The molecule has 1 aromatic rings. The van der Waals surface area contributed by atoms with E-state index >= 15 is 0 Å². The molecule has 2 heterocycles. The number of hydrogen-bond acceptors (Lipinski definition) is 12. The summed E-state index contributed by atoms with van der Waals surface area (Å²) in [6, 6.07) is -1.61. The van der Waals surface area contributed by atoms with Crippen molar-refractivity contribution in [3.63, 3.8) is 0 Å². The number of rotatable bonds is 11. The summed E-state index contributed by atoms with van der Waals surface area (Å²) in [6.45, 7) is 0.782. The van der Waals surface area contributed by atoms with Gasteiger partial charge in [-0.15, -0.1) is 22.9 Å². The highest BCUT2D eigenvalue weighted by molar-refractivity contribution is 7.84. The number of thiazole rings is 1. The van der Waals surface area contributed by atoms with Gasteiger partial charge in [-0.3, -0.25) is 18.9 Å². The molecule has 0 saturated carbocycles. The van der Waals surface area contributed by atoms with E-state index in [9.17, 15) is 32.1 Å². The summed E-state index contributed by atoms with van der Waals surface area (Å²) in [5.74, 6) is -4.00. The van der Waals surface area contributed by atoms with Crippen molar-refractivity contribution >= 4 is 67.8 Å². The number of carbonyl (C=O) groups is 4. The number of alkyl halides is 1. The van der Waals surface area contributed by atoms with Gasteiger partial charge in [0, 0.05) is 5.38 Å². The number of carbonyl (C=O) groups excluding carboxylic acids is 4. The van der Waals surface area contributed by atoms with E-state index in [1.807, 2.05) is 0 Å². The molecule has 182 valence electrons. The Morgan fingerprint density at radius 2 is 2.09 bits per heavy atom. The summed E-state index contributed by atoms with van der Waals surface area (Å²) >= 11 is 6.35. The summed E-state index contributed by atoms with van der Waals surface area (Å²) in [7, 11) is -3.91. The van der Waals surface area contributed by atoms with E-state index in [1.165, 1.54) is 12.3 Å². The number of halogens is 1. The number of ether oxygens (including phenoxy) is 2. The molecule has 3 N–H and O–H groups in total. The summed E-state index contributed by atoms with van der Waals surface area (Å²) < 4.78 is 41.8. The Balaban J connectivity index is 2.19. The highest BCUT2D eigenvalue weighted by Crippen LogP contribution is 2.25. The molecule has 2 rings (SSSR count). The first kappa shape index (κ1) is 26.4. The molecule has 1 saturated heterocycles. The lowest BCUT2D eigenvalue weighted by atomic mass is 10.1. The summed E-state index contributed by atoms with van der Waals surface area (Å²) in [4.78, 5) is 56.4. The number of β-lactam (4-membered cyclic amide) rings is 1. The van der Waals surface area contributed by atoms with E-state index in [0.717, 1.165) is 18.4 Å². The molecule has 0 aromatic carbocycles. The average Bonchev–Trinajstić information content (AvgIpc) is 3.19. The minimum absolute atomic E-state index is 0.0196. The first-order chi connectivity index (χ1) is 15.5. The second kappa shape index (κ2) is 11.3. The molecule has 1 aromatic heterocycles. The second-order valence-corrected chi connectivity index (χ2v) is 8.33. The zero-order chi connectivity index (χ0) is 24.8. The number of amides is 3. The van der Waals surface area contributed by atoms with Crippen LogP contribution in [0, 0.1) is 0 Å². The maximum Gasteiger partial charge on any atom is 0.364 e. The van der Waals surface area contributed by atoms with Gasteiger partial charge in [-0.1, -0.05) is 5.16 Å². The van der Waals surface area contributed by atoms with Crippen LogP contribution in [0.15, 0.2) is 10.5 Å². The lowest BCUT2D eigenvalue weighted by molar-refractivity contribution is -0.177. The SMILES string of the molecule is CCOC(=O)CO[C@H]1[C@H](NC(=O)C(=NOC)c2csc(NC(=O)CCl)n2)C(=O)N1S(=O)(=O)O. The molecule has 1 fully saturated rings. The summed E-state index contributed by atoms with van der Waals surface area (Å²) in [5, 5.41) is 9.54. The fraction of sp³-hybridized carbons (Fsp3) is 0.467. The van der Waals surface area contributed by atoms with Gasteiger partial charge in [-0.2, -0.15) is 12.7 Å². The zero-order valence-corrected chi connectivity index (χ0v) is 19.4. The van der Waals surface area contributed by atoms with Crippen LogP contribution in [0.25, 0.3) is 0 Å². The van der Waals surface area contributed by atoms with Crippen LogP contribution in [-0.4, -0.2) is 90.1 Å². The Labute approximate surface area is 195 Å². The van der Waals surface area contributed by atoms with Gasteiger partial charge in [-0.25, -0.2) is 9.78 Å². The average molecular weight is 528 g/mol. The van der Waals surface area contributed by atoms with Crippen LogP contribution in [0.3, 0.4) is 0 Å². The number of anilines is 1. The van der Waals surface area contributed by atoms with Crippen LogP contribution in [0.1, 0.15) is 12.6 Å². The van der Waals surface area contributed by atoms with Crippen molar-refractivity contribution in [2.75, 3.05) is 31.5 Å². The van der Waals surface area contributed by atoms with Crippen molar-refractivity contribution in [1.82, 2.24) is 14.6 Å². The van der Waals surface area contributed by atoms with Gasteiger partial charge in [0.25, 0.3) is 11.8 Å². The molecule has 18 heteroatoms. The van der Waals surface area contributed by atoms with Gasteiger partial charge in [-0.05, 0) is 6.92 Å². The van der Waals surface area contributed by atoms with Crippen LogP contribution >= 0.6 is 22.9 Å². The Bertz CT molecular complexity index is 1060. The van der Waals surface area contributed by atoms with Crippen molar-refractivity contribution in [2.24, 2.45) is 5.16 Å². The normalized spacial score (nSPS) is 18.4. The summed E-state index contributed by atoms with van der Waals surface area (Å²) in [6.07, 6.45) is -1.74. The molecule has 15 nitrogen and oxygen atoms in total. The van der Waals surface area contributed by atoms with Gasteiger partial charge in [0.15, 0.2) is 23.1 Å². The lowest BCUT2D eigenvalue weighted by Crippen LogP contribution is -2.73. The molecule has 2 atom stereocenters. The number of hydrogen-bond donors (Lipinski definition) is 3. The van der Waals surface area contributed by atoms with Gasteiger partial charge in [0.1, 0.15) is 25.3 Å². The monoisotopic (exact) mass is 527 g/mol. The fourth-order valence-corrected chi connectivity index (χ4v) is 4.00. The molecule has 3 amide bonds. The molecular formula is C15H18ClN5O10S2. The lowest BCUT2D eigenvalue weighted by Gasteiger charge is -2.43. The quantitative estimate of drug-likeness (QED) is 0.0770. The van der Waals surface area contributed by atoms with Crippen LogP contribution in [0.2, 0.25) is 0 Å². The van der Waals surface area contributed by atoms with E-state index < -0.39 is 58.6 Å². The van der Waals surface area contributed by atoms with Crippen LogP contribution in [-0.2, 0) is 43.8 Å². The third-order valence-corrected chi connectivity index (χ3v) is 5.61. The molecule has 0 radical (unpaired) electrons. The minimum atomic E-state index is -5.05. The number of esters is 1. The van der Waals surface area contributed by atoms with E-state index in [-0.39, 0.29) is 27.6 Å². The smallest absolute Gasteiger partial charge is 0.364 e. The highest BCUT2D eigenvalue weighted by Gasteiger charge is 2.55. The number of nitrogens with zero attached hydrogens (tertiary/aromatic N) is 3. The molecule has 33 heavy (non-hydrogen) atoms. The van der Waals surface area contributed by atoms with Crippen molar-refractivity contribution in [2.45, 2.75) is 19.2 Å². The number of oxime groups is 1. The van der Waals surface area contributed by atoms with Crippen LogP contribution in [0.5, 0.6) is 0 Å². The topological polar surface area (TPSA) is 203 Å². The second-order valence-electron chi connectivity index (χ2n) is 5.91. The zero-order valence-electron chi connectivity index (χ0n) is 17.0. The largest absolute Gasteiger partial charge is 0.464 e. The number of nitrogens with one attached hydrogen (secondary N) is 2. The fourth-order valence-electron chi connectivity index (χ4n) is 2.43. The van der Waals surface area contributed by atoms with Crippen LogP contribution < -0.4 is 10.6 Å². The third kappa shape index (κ3) is 6.57. The van der Waals surface area contributed by atoms with Crippen LogP contribution in [0.4, 0.5) is 5.13 Å². The Morgan fingerprint density at radius 3 is 2.67 bits per heavy atom. The van der Waals surface area contributed by atoms with Crippen molar-refractivity contribution in [3.8, 4) is 0 Å². The van der Waals surface area contributed by atoms with Crippen molar-refractivity contribution in [3.05, 3.63) is 11.1 Å². The first-order valence-electron chi connectivity index (χ1n) is 8.85. The highest BCUT2D eigenvalue weighted by atomic mass is 35.5. The molecule has 1 aliphatic heterocycles. The Kier molecular flexibility index (Phi) is 9.06. The van der Waals surface area contributed by atoms with Gasteiger partial charge >= 0.3 is 16.3 Å². The maximum atomic E-state index is 12.7. The maximum absolute atomic E-state index is 12.7. The van der Waals surface area contributed by atoms with E-state index in [0.29, 0.717) is 0 Å². The standard InChI is InChI=1S/C15H18ClN5O10S2/c1-3-30-9(23)5-31-14-11(13(25)21(14)33(26,27)28)19-12(24)10(20-29-2)7-6-32-15(17-7)18-8(22)4-16/h6,11,14H,3-5H2,1-2H3,(H,19,24)(H,17,18,22)(H,26,27,28)/t11-,14+/m1/s1. The molecule has 0 bridgehead atoms. The molecule has 0 aliphatic carbocycles. The van der Waals surface area contributed by atoms with Gasteiger partial charge < -0.3 is 24.9 Å². The molecule has 0 unspecified atom stereocenters.